The molecule has 9 heteroatoms. The summed E-state index contributed by atoms with van der Waals surface area (Å²) in [6.07, 6.45) is 1.79. The summed E-state index contributed by atoms with van der Waals surface area (Å²) in [7, 11) is 0. The lowest BCUT2D eigenvalue weighted by atomic mass is 9.98. The number of hydrogen-bond acceptors (Lipinski definition) is 8. The number of piperidine rings is 1. The van der Waals surface area contributed by atoms with Crippen molar-refractivity contribution in [3.05, 3.63) is 52.0 Å². The predicted molar refractivity (Wildman–Crippen MR) is 105 cm³/mol. The Kier molecular flexibility index (Phi) is 4.53. The van der Waals surface area contributed by atoms with Crippen molar-refractivity contribution in [2.24, 2.45) is 0 Å². The SMILES string of the molecule is O=C(c1cc(-c2cccs2)on1)N1CCC[C@@H](c2nnc(-c3ccsc3)o2)C1. The zero-order chi connectivity index (χ0) is 18.9. The smallest absolute Gasteiger partial charge is 0.276 e. The summed E-state index contributed by atoms with van der Waals surface area (Å²) in [5.74, 6) is 1.62. The average molecular weight is 412 g/mol. The normalized spacial score (nSPS) is 17.1. The Morgan fingerprint density at radius 2 is 2.21 bits per heavy atom. The standard InChI is InChI=1S/C19H16N4O3S2/c24-19(14-9-15(26-22-14)16-4-2-7-28-16)23-6-1-3-12(10-23)17-20-21-18(25-17)13-5-8-27-11-13/h2,4-5,7-9,11-12H,1,3,6,10H2/t12-/m1/s1. The number of aromatic nitrogens is 3. The Bertz CT molecular complexity index is 1070. The molecule has 142 valence electrons. The lowest BCUT2D eigenvalue weighted by molar-refractivity contribution is 0.0688. The van der Waals surface area contributed by atoms with E-state index in [9.17, 15) is 4.79 Å². The van der Waals surface area contributed by atoms with Crippen molar-refractivity contribution >= 4 is 28.6 Å². The first-order chi connectivity index (χ1) is 13.8. The first-order valence-corrected chi connectivity index (χ1v) is 10.8. The van der Waals surface area contributed by atoms with Gasteiger partial charge in [0.25, 0.3) is 5.91 Å². The summed E-state index contributed by atoms with van der Waals surface area (Å²) in [6, 6.07) is 7.54. The van der Waals surface area contributed by atoms with E-state index in [1.165, 1.54) is 0 Å². The molecule has 0 bridgehead atoms. The average Bonchev–Trinajstić information content (AvgIpc) is 3.52. The summed E-state index contributed by atoms with van der Waals surface area (Å²) >= 11 is 3.14. The number of carbonyl (C=O) groups is 1. The third-order valence-corrected chi connectivity index (χ3v) is 6.33. The number of carbonyl (C=O) groups excluding carboxylic acids is 1. The largest absolute Gasteiger partial charge is 0.420 e. The molecule has 1 saturated heterocycles. The maximum absolute atomic E-state index is 12.9. The van der Waals surface area contributed by atoms with Crippen LogP contribution < -0.4 is 0 Å². The lowest BCUT2D eigenvalue weighted by Crippen LogP contribution is -2.39. The molecule has 1 aliphatic rings. The van der Waals surface area contributed by atoms with E-state index in [4.69, 9.17) is 8.94 Å². The number of hydrogen-bond donors (Lipinski definition) is 0. The van der Waals surface area contributed by atoms with E-state index < -0.39 is 0 Å². The molecule has 4 aromatic heterocycles. The van der Waals surface area contributed by atoms with Crippen LogP contribution >= 0.6 is 22.7 Å². The Hall–Kier alpha value is -2.78. The molecule has 1 fully saturated rings. The van der Waals surface area contributed by atoms with Gasteiger partial charge < -0.3 is 13.8 Å². The summed E-state index contributed by atoms with van der Waals surface area (Å²) in [5.41, 5.74) is 1.25. The summed E-state index contributed by atoms with van der Waals surface area (Å²) in [6.45, 7) is 1.22. The maximum atomic E-state index is 12.9. The van der Waals surface area contributed by atoms with Gasteiger partial charge in [0, 0.05) is 30.1 Å². The van der Waals surface area contributed by atoms with Crippen LogP contribution in [-0.4, -0.2) is 39.3 Å². The molecule has 4 aromatic rings. The first-order valence-electron chi connectivity index (χ1n) is 8.94. The highest BCUT2D eigenvalue weighted by Crippen LogP contribution is 2.30. The zero-order valence-corrected chi connectivity index (χ0v) is 16.4. The second-order valence-corrected chi connectivity index (χ2v) is 8.33. The van der Waals surface area contributed by atoms with Crippen LogP contribution in [-0.2, 0) is 0 Å². The van der Waals surface area contributed by atoms with Crippen LogP contribution in [0, 0.1) is 0 Å². The van der Waals surface area contributed by atoms with Gasteiger partial charge in [-0.1, -0.05) is 11.2 Å². The van der Waals surface area contributed by atoms with Gasteiger partial charge in [-0.15, -0.1) is 21.5 Å². The van der Waals surface area contributed by atoms with Gasteiger partial charge in [-0.2, -0.15) is 11.3 Å². The number of amides is 1. The van der Waals surface area contributed by atoms with Crippen LogP contribution in [0.5, 0.6) is 0 Å². The molecule has 0 radical (unpaired) electrons. The van der Waals surface area contributed by atoms with E-state index in [1.54, 1.807) is 33.6 Å². The highest BCUT2D eigenvalue weighted by Gasteiger charge is 2.30. The van der Waals surface area contributed by atoms with Gasteiger partial charge in [0.2, 0.25) is 11.8 Å². The molecule has 0 saturated carbocycles. The first kappa shape index (κ1) is 17.3. The third kappa shape index (κ3) is 3.27. The van der Waals surface area contributed by atoms with Gasteiger partial charge in [-0.25, -0.2) is 0 Å². The van der Waals surface area contributed by atoms with Crippen molar-refractivity contribution < 1.29 is 13.7 Å². The number of rotatable bonds is 4. The second-order valence-electron chi connectivity index (χ2n) is 6.60. The summed E-state index contributed by atoms with van der Waals surface area (Å²) in [4.78, 5) is 15.6. The van der Waals surface area contributed by atoms with Gasteiger partial charge in [0.15, 0.2) is 11.5 Å². The fraction of sp³-hybridized carbons (Fsp3) is 0.263. The Labute approximate surface area is 168 Å². The Balaban J connectivity index is 1.31. The molecule has 5 heterocycles. The fourth-order valence-electron chi connectivity index (χ4n) is 3.34. The molecule has 1 aliphatic heterocycles. The molecule has 28 heavy (non-hydrogen) atoms. The number of thiophene rings is 2. The predicted octanol–water partition coefficient (Wildman–Crippen LogP) is 4.53. The van der Waals surface area contributed by atoms with Crippen molar-refractivity contribution in [2.75, 3.05) is 13.1 Å². The van der Waals surface area contributed by atoms with E-state index in [-0.39, 0.29) is 11.8 Å². The van der Waals surface area contributed by atoms with Gasteiger partial charge >= 0.3 is 0 Å². The van der Waals surface area contributed by atoms with Crippen molar-refractivity contribution in [3.63, 3.8) is 0 Å². The maximum Gasteiger partial charge on any atom is 0.276 e. The topological polar surface area (TPSA) is 85.3 Å². The quantitative estimate of drug-likeness (QED) is 0.489. The minimum absolute atomic E-state index is 0.0289. The number of nitrogens with zero attached hydrogens (tertiary/aromatic N) is 4. The van der Waals surface area contributed by atoms with E-state index in [1.807, 2.05) is 34.3 Å². The molecular weight excluding hydrogens is 396 g/mol. The molecule has 0 unspecified atom stereocenters. The third-order valence-electron chi connectivity index (χ3n) is 4.76. The van der Waals surface area contributed by atoms with Gasteiger partial charge in [0.1, 0.15) is 0 Å². The van der Waals surface area contributed by atoms with Crippen LogP contribution in [0.25, 0.3) is 22.1 Å². The molecule has 0 N–H and O–H groups in total. The van der Waals surface area contributed by atoms with E-state index in [0.29, 0.717) is 36.3 Å². The molecule has 1 atom stereocenters. The molecule has 5 rings (SSSR count). The molecule has 0 spiro atoms. The molecular formula is C19H16N4O3S2. The van der Waals surface area contributed by atoms with Crippen molar-refractivity contribution in [2.45, 2.75) is 18.8 Å². The summed E-state index contributed by atoms with van der Waals surface area (Å²) in [5, 5.41) is 18.3. The highest BCUT2D eigenvalue weighted by atomic mass is 32.1. The van der Waals surface area contributed by atoms with E-state index >= 15 is 0 Å². The molecule has 7 nitrogen and oxygen atoms in total. The van der Waals surface area contributed by atoms with Crippen molar-refractivity contribution in [3.8, 4) is 22.1 Å². The Morgan fingerprint density at radius 3 is 3.04 bits per heavy atom. The monoisotopic (exact) mass is 412 g/mol. The highest BCUT2D eigenvalue weighted by molar-refractivity contribution is 7.13. The lowest BCUT2D eigenvalue weighted by Gasteiger charge is -2.30. The van der Waals surface area contributed by atoms with Crippen molar-refractivity contribution in [1.82, 2.24) is 20.3 Å². The van der Waals surface area contributed by atoms with E-state index in [2.05, 4.69) is 15.4 Å². The molecule has 1 amide bonds. The van der Waals surface area contributed by atoms with Crippen LogP contribution in [0.4, 0.5) is 0 Å². The second kappa shape index (κ2) is 7.33. The minimum atomic E-state index is -0.131. The van der Waals surface area contributed by atoms with Gasteiger partial charge in [-0.05, 0) is 35.7 Å². The van der Waals surface area contributed by atoms with Crippen LogP contribution in [0.3, 0.4) is 0 Å². The van der Waals surface area contributed by atoms with Crippen molar-refractivity contribution in [1.29, 1.82) is 0 Å². The Morgan fingerprint density at radius 1 is 1.25 bits per heavy atom. The zero-order valence-electron chi connectivity index (χ0n) is 14.8. The molecule has 0 aliphatic carbocycles. The van der Waals surface area contributed by atoms with Gasteiger partial charge in [-0.3, -0.25) is 4.79 Å². The van der Waals surface area contributed by atoms with Crippen LogP contribution in [0.2, 0.25) is 0 Å². The minimum Gasteiger partial charge on any atom is -0.420 e. The van der Waals surface area contributed by atoms with Crippen LogP contribution in [0.1, 0.15) is 35.1 Å². The molecule has 0 aromatic carbocycles. The summed E-state index contributed by atoms with van der Waals surface area (Å²) < 4.78 is 11.2. The van der Waals surface area contributed by atoms with Gasteiger partial charge in [0.05, 0.1) is 10.8 Å². The van der Waals surface area contributed by atoms with E-state index in [0.717, 1.165) is 23.3 Å². The fourth-order valence-corrected chi connectivity index (χ4v) is 4.64. The number of likely N-dealkylation sites (tertiary alicyclic amines) is 1. The van der Waals surface area contributed by atoms with Crippen LogP contribution in [0.15, 0.2) is 49.3 Å².